The minimum Gasteiger partial charge on any atom is -0.484 e. The molecule has 0 saturated carbocycles. The Labute approximate surface area is 138 Å². The van der Waals surface area contributed by atoms with Gasteiger partial charge in [0.2, 0.25) is 0 Å². The number of hydrogen-bond donors (Lipinski definition) is 1. The second-order valence-corrected chi connectivity index (χ2v) is 5.74. The summed E-state index contributed by atoms with van der Waals surface area (Å²) in [4.78, 5) is 12.2. The van der Waals surface area contributed by atoms with Gasteiger partial charge in [0.1, 0.15) is 5.75 Å². The fourth-order valence-electron chi connectivity index (χ4n) is 2.53. The van der Waals surface area contributed by atoms with E-state index in [1.807, 2.05) is 31.2 Å². The molecule has 0 bridgehead atoms. The molecule has 0 aliphatic rings. The Morgan fingerprint density at radius 2 is 1.65 bits per heavy atom. The molecule has 3 heteroatoms. The Morgan fingerprint density at radius 1 is 1.00 bits per heavy atom. The van der Waals surface area contributed by atoms with E-state index in [1.54, 1.807) is 0 Å². The Bertz CT molecular complexity index is 670. The largest absolute Gasteiger partial charge is 0.484 e. The summed E-state index contributed by atoms with van der Waals surface area (Å²) in [7, 11) is 0. The van der Waals surface area contributed by atoms with E-state index in [-0.39, 0.29) is 12.5 Å². The maximum Gasteiger partial charge on any atom is 0.262 e. The minimum atomic E-state index is -0.126. The van der Waals surface area contributed by atoms with Gasteiger partial charge in [0, 0.05) is 5.69 Å². The van der Waals surface area contributed by atoms with Crippen LogP contribution in [0.1, 0.15) is 36.1 Å². The van der Waals surface area contributed by atoms with Gasteiger partial charge in [-0.3, -0.25) is 4.79 Å². The first kappa shape index (κ1) is 17.1. The zero-order chi connectivity index (χ0) is 16.8. The van der Waals surface area contributed by atoms with Crippen molar-refractivity contribution in [1.82, 2.24) is 0 Å². The third-order valence-corrected chi connectivity index (χ3v) is 4.11. The molecule has 0 aromatic heterocycles. The molecule has 0 aliphatic carbocycles. The van der Waals surface area contributed by atoms with Gasteiger partial charge in [-0.2, -0.15) is 0 Å². The summed E-state index contributed by atoms with van der Waals surface area (Å²) in [5.74, 6) is 0.599. The molecule has 23 heavy (non-hydrogen) atoms. The van der Waals surface area contributed by atoms with Crippen molar-refractivity contribution in [3.63, 3.8) is 0 Å². The van der Waals surface area contributed by atoms with Crippen LogP contribution in [0.4, 0.5) is 5.69 Å². The highest BCUT2D eigenvalue weighted by atomic mass is 16.5. The van der Waals surface area contributed by atoms with E-state index in [0.29, 0.717) is 0 Å². The van der Waals surface area contributed by atoms with Crippen molar-refractivity contribution in [2.45, 2.75) is 40.5 Å². The van der Waals surface area contributed by atoms with Crippen molar-refractivity contribution >= 4 is 11.6 Å². The molecule has 0 saturated heterocycles. The summed E-state index contributed by atoms with van der Waals surface area (Å²) < 4.78 is 5.61. The third-order valence-electron chi connectivity index (χ3n) is 4.11. The average Bonchev–Trinajstić information content (AvgIpc) is 2.56. The van der Waals surface area contributed by atoms with Crippen LogP contribution in [0.5, 0.6) is 5.75 Å². The van der Waals surface area contributed by atoms with Crippen molar-refractivity contribution in [2.24, 2.45) is 0 Å². The van der Waals surface area contributed by atoms with Gasteiger partial charge in [-0.15, -0.1) is 0 Å². The number of carbonyl (C=O) groups excluding carboxylic acids is 1. The molecule has 3 nitrogen and oxygen atoms in total. The molecule has 122 valence electrons. The van der Waals surface area contributed by atoms with Crippen molar-refractivity contribution in [3.8, 4) is 5.75 Å². The number of carbonyl (C=O) groups is 1. The molecule has 0 fully saturated rings. The molecule has 1 amide bonds. The summed E-state index contributed by atoms with van der Waals surface area (Å²) in [6, 6.07) is 12.0. The topological polar surface area (TPSA) is 38.3 Å². The molecule has 0 unspecified atom stereocenters. The van der Waals surface area contributed by atoms with Crippen LogP contribution in [0, 0.1) is 13.8 Å². The number of nitrogens with one attached hydrogen (secondary N) is 1. The van der Waals surface area contributed by atoms with Crippen LogP contribution in [-0.2, 0) is 17.6 Å². The Kier molecular flexibility index (Phi) is 5.80. The van der Waals surface area contributed by atoms with Crippen LogP contribution in [-0.4, -0.2) is 12.5 Å². The fraction of sp³-hybridized carbons (Fsp3) is 0.350. The average molecular weight is 311 g/mol. The number of rotatable bonds is 6. The van der Waals surface area contributed by atoms with Crippen LogP contribution in [0.3, 0.4) is 0 Å². The molecule has 2 aromatic rings. The summed E-state index contributed by atoms with van der Waals surface area (Å²) in [5, 5.41) is 3.01. The molecule has 0 atom stereocenters. The van der Waals surface area contributed by atoms with Gasteiger partial charge in [-0.05, 0) is 61.1 Å². The first-order valence-corrected chi connectivity index (χ1v) is 8.15. The van der Waals surface area contributed by atoms with E-state index in [2.05, 4.69) is 38.2 Å². The standard InChI is InChI=1S/C20H25NO2/c1-5-16-8-7-9-17(6-2)20(16)21-19(22)13-23-18-11-10-14(3)15(4)12-18/h7-12H,5-6,13H2,1-4H3,(H,21,22). The van der Waals surface area contributed by atoms with E-state index < -0.39 is 0 Å². The lowest BCUT2D eigenvalue weighted by atomic mass is 10.0. The lowest BCUT2D eigenvalue weighted by Crippen LogP contribution is -2.21. The number of anilines is 1. The van der Waals surface area contributed by atoms with E-state index in [9.17, 15) is 4.79 Å². The number of benzene rings is 2. The van der Waals surface area contributed by atoms with Gasteiger partial charge < -0.3 is 10.1 Å². The van der Waals surface area contributed by atoms with E-state index in [1.165, 1.54) is 5.56 Å². The highest BCUT2D eigenvalue weighted by Gasteiger charge is 2.10. The Balaban J connectivity index is 2.04. The summed E-state index contributed by atoms with van der Waals surface area (Å²) in [5.41, 5.74) is 5.62. The molecule has 0 spiro atoms. The second kappa shape index (κ2) is 7.82. The van der Waals surface area contributed by atoms with E-state index >= 15 is 0 Å². The van der Waals surface area contributed by atoms with Crippen LogP contribution in [0.25, 0.3) is 0 Å². The van der Waals surface area contributed by atoms with Crippen molar-refractivity contribution in [3.05, 3.63) is 58.7 Å². The summed E-state index contributed by atoms with van der Waals surface area (Å²) in [6.07, 6.45) is 1.78. The Morgan fingerprint density at radius 3 is 2.22 bits per heavy atom. The van der Waals surface area contributed by atoms with Crippen LogP contribution >= 0.6 is 0 Å². The van der Waals surface area contributed by atoms with Crippen LogP contribution in [0.2, 0.25) is 0 Å². The maximum atomic E-state index is 12.2. The number of amides is 1. The van der Waals surface area contributed by atoms with Crippen molar-refractivity contribution in [2.75, 3.05) is 11.9 Å². The lowest BCUT2D eigenvalue weighted by molar-refractivity contribution is -0.118. The molecule has 0 heterocycles. The lowest BCUT2D eigenvalue weighted by Gasteiger charge is -2.15. The highest BCUT2D eigenvalue weighted by Crippen LogP contribution is 2.22. The number of hydrogen-bond acceptors (Lipinski definition) is 2. The number of ether oxygens (including phenoxy) is 1. The highest BCUT2D eigenvalue weighted by molar-refractivity contribution is 5.93. The number of para-hydroxylation sites is 1. The predicted molar refractivity (Wildman–Crippen MR) is 95.2 cm³/mol. The molecule has 2 aromatic carbocycles. The van der Waals surface area contributed by atoms with Gasteiger partial charge in [0.15, 0.2) is 6.61 Å². The monoisotopic (exact) mass is 311 g/mol. The first-order chi connectivity index (χ1) is 11.0. The zero-order valence-corrected chi connectivity index (χ0v) is 14.4. The zero-order valence-electron chi connectivity index (χ0n) is 14.4. The quantitative estimate of drug-likeness (QED) is 0.856. The van der Waals surface area contributed by atoms with Gasteiger partial charge in [0.05, 0.1) is 0 Å². The molecule has 2 rings (SSSR count). The molecule has 1 N–H and O–H groups in total. The van der Waals surface area contributed by atoms with E-state index in [0.717, 1.165) is 41.0 Å². The predicted octanol–water partition coefficient (Wildman–Crippen LogP) is 4.45. The van der Waals surface area contributed by atoms with E-state index in [4.69, 9.17) is 4.74 Å². The fourth-order valence-corrected chi connectivity index (χ4v) is 2.53. The Hall–Kier alpha value is -2.29. The normalized spacial score (nSPS) is 10.4. The molecular formula is C20H25NO2. The maximum absolute atomic E-state index is 12.2. The smallest absolute Gasteiger partial charge is 0.262 e. The second-order valence-electron chi connectivity index (χ2n) is 5.74. The molecular weight excluding hydrogens is 286 g/mol. The molecule has 0 radical (unpaired) electrons. The SMILES string of the molecule is CCc1cccc(CC)c1NC(=O)COc1ccc(C)c(C)c1. The minimum absolute atomic E-state index is 0.0176. The van der Waals surface area contributed by atoms with Gasteiger partial charge >= 0.3 is 0 Å². The first-order valence-electron chi connectivity index (χ1n) is 8.15. The molecule has 0 aliphatic heterocycles. The van der Waals surface area contributed by atoms with Gasteiger partial charge in [-0.1, -0.05) is 38.1 Å². The third kappa shape index (κ3) is 4.35. The van der Waals surface area contributed by atoms with Crippen molar-refractivity contribution in [1.29, 1.82) is 0 Å². The van der Waals surface area contributed by atoms with Gasteiger partial charge in [-0.25, -0.2) is 0 Å². The van der Waals surface area contributed by atoms with Crippen molar-refractivity contribution < 1.29 is 9.53 Å². The number of aryl methyl sites for hydroxylation is 4. The van der Waals surface area contributed by atoms with Crippen LogP contribution < -0.4 is 10.1 Å². The summed E-state index contributed by atoms with van der Waals surface area (Å²) >= 11 is 0. The van der Waals surface area contributed by atoms with Gasteiger partial charge in [0.25, 0.3) is 5.91 Å². The van der Waals surface area contributed by atoms with Crippen LogP contribution in [0.15, 0.2) is 36.4 Å². The summed E-state index contributed by atoms with van der Waals surface area (Å²) in [6.45, 7) is 8.29.